The molecule has 0 aliphatic carbocycles. The van der Waals surface area contributed by atoms with E-state index in [1.807, 2.05) is 26.0 Å². The van der Waals surface area contributed by atoms with E-state index in [0.717, 1.165) is 11.1 Å². The summed E-state index contributed by atoms with van der Waals surface area (Å²) in [6.07, 6.45) is 0. The summed E-state index contributed by atoms with van der Waals surface area (Å²) >= 11 is 0. The second-order valence-electron chi connectivity index (χ2n) is 7.49. The van der Waals surface area contributed by atoms with Crippen molar-refractivity contribution in [3.63, 3.8) is 0 Å². The van der Waals surface area contributed by atoms with Crippen LogP contribution in [-0.4, -0.2) is 26.8 Å². The number of aryl methyl sites for hydroxylation is 2. The van der Waals surface area contributed by atoms with Crippen molar-refractivity contribution in [2.45, 2.75) is 25.7 Å². The van der Waals surface area contributed by atoms with Crippen LogP contribution in [0.15, 0.2) is 71.6 Å². The van der Waals surface area contributed by atoms with Crippen molar-refractivity contribution in [2.75, 3.05) is 22.0 Å². The highest BCUT2D eigenvalue weighted by Crippen LogP contribution is 2.23. The van der Waals surface area contributed by atoms with Crippen molar-refractivity contribution in [2.24, 2.45) is 0 Å². The van der Waals surface area contributed by atoms with Crippen LogP contribution in [0.1, 0.15) is 18.1 Å². The lowest BCUT2D eigenvalue weighted by atomic mass is 10.1. The fourth-order valence-electron chi connectivity index (χ4n) is 2.99. The first-order valence-corrected chi connectivity index (χ1v) is 11.6. The van der Waals surface area contributed by atoms with Gasteiger partial charge in [0, 0.05) is 18.3 Å². The SMILES string of the molecule is CC(=O)Nc1cccc(NC(=O)COc2ccc(S(=O)(=O)Nc3cc(C)ccc3C)cc2)c1. The van der Waals surface area contributed by atoms with Crippen LogP contribution in [0.2, 0.25) is 0 Å². The van der Waals surface area contributed by atoms with Gasteiger partial charge in [0.1, 0.15) is 5.75 Å². The average Bonchev–Trinajstić information content (AvgIpc) is 2.75. The molecule has 0 radical (unpaired) electrons. The van der Waals surface area contributed by atoms with E-state index in [0.29, 0.717) is 22.8 Å². The summed E-state index contributed by atoms with van der Waals surface area (Å²) in [5.41, 5.74) is 3.36. The molecule has 3 N–H and O–H groups in total. The Labute approximate surface area is 193 Å². The maximum atomic E-state index is 12.7. The Kier molecular flexibility index (Phi) is 7.34. The summed E-state index contributed by atoms with van der Waals surface area (Å²) < 4.78 is 33.5. The molecule has 3 aromatic carbocycles. The van der Waals surface area contributed by atoms with E-state index in [9.17, 15) is 18.0 Å². The van der Waals surface area contributed by atoms with Crippen LogP contribution in [0.4, 0.5) is 17.1 Å². The number of nitrogens with one attached hydrogen (secondary N) is 3. The van der Waals surface area contributed by atoms with Crippen LogP contribution in [0, 0.1) is 13.8 Å². The molecule has 0 saturated heterocycles. The van der Waals surface area contributed by atoms with Crippen molar-refractivity contribution in [3.05, 3.63) is 77.9 Å². The van der Waals surface area contributed by atoms with Crippen LogP contribution in [0.25, 0.3) is 0 Å². The van der Waals surface area contributed by atoms with Crippen molar-refractivity contribution >= 4 is 38.9 Å². The topological polar surface area (TPSA) is 114 Å². The summed E-state index contributed by atoms with van der Waals surface area (Å²) in [6, 6.07) is 18.1. The lowest BCUT2D eigenvalue weighted by molar-refractivity contribution is -0.118. The molecule has 8 nitrogen and oxygen atoms in total. The van der Waals surface area contributed by atoms with Crippen LogP contribution >= 0.6 is 0 Å². The van der Waals surface area contributed by atoms with E-state index >= 15 is 0 Å². The summed E-state index contributed by atoms with van der Waals surface area (Å²) in [7, 11) is -3.77. The number of anilines is 3. The number of carbonyl (C=O) groups excluding carboxylic acids is 2. The Balaban J connectivity index is 1.58. The zero-order valence-corrected chi connectivity index (χ0v) is 19.3. The molecule has 3 rings (SSSR count). The van der Waals surface area contributed by atoms with Crippen molar-refractivity contribution in [1.82, 2.24) is 0 Å². The van der Waals surface area contributed by atoms with E-state index in [2.05, 4.69) is 15.4 Å². The summed E-state index contributed by atoms with van der Waals surface area (Å²) in [4.78, 5) is 23.4. The zero-order valence-electron chi connectivity index (χ0n) is 18.5. The molecule has 0 aromatic heterocycles. The highest BCUT2D eigenvalue weighted by atomic mass is 32.2. The Morgan fingerprint density at radius 3 is 2.21 bits per heavy atom. The Bertz CT molecular complexity index is 1270. The summed E-state index contributed by atoms with van der Waals surface area (Å²) in [5, 5.41) is 5.32. The highest BCUT2D eigenvalue weighted by Gasteiger charge is 2.16. The maximum absolute atomic E-state index is 12.7. The standard InChI is InChI=1S/C24H25N3O5S/c1-16-7-8-17(2)23(13-16)27-33(30,31)22-11-9-21(10-12-22)32-15-24(29)26-20-6-4-5-19(14-20)25-18(3)28/h4-14,27H,15H2,1-3H3,(H,25,28)(H,26,29). The third kappa shape index (κ3) is 6.81. The normalized spacial score (nSPS) is 10.9. The van der Waals surface area contributed by atoms with Crippen LogP contribution in [0.3, 0.4) is 0 Å². The van der Waals surface area contributed by atoms with Gasteiger partial charge in [0.05, 0.1) is 10.6 Å². The fourth-order valence-corrected chi connectivity index (χ4v) is 4.11. The molecule has 0 saturated carbocycles. The number of hydrogen-bond donors (Lipinski definition) is 3. The number of carbonyl (C=O) groups is 2. The van der Waals surface area contributed by atoms with Gasteiger partial charge >= 0.3 is 0 Å². The molecule has 33 heavy (non-hydrogen) atoms. The molecule has 9 heteroatoms. The van der Waals surface area contributed by atoms with E-state index < -0.39 is 15.9 Å². The second-order valence-corrected chi connectivity index (χ2v) is 9.18. The predicted molar refractivity (Wildman–Crippen MR) is 128 cm³/mol. The third-order valence-corrected chi connectivity index (χ3v) is 5.99. The van der Waals surface area contributed by atoms with E-state index in [1.54, 1.807) is 30.3 Å². The first kappa shape index (κ1) is 23.8. The van der Waals surface area contributed by atoms with Gasteiger partial charge in [-0.05, 0) is 73.5 Å². The van der Waals surface area contributed by atoms with Crippen molar-refractivity contribution in [3.8, 4) is 5.75 Å². The van der Waals surface area contributed by atoms with E-state index in [-0.39, 0.29) is 17.4 Å². The smallest absolute Gasteiger partial charge is 0.262 e. The monoisotopic (exact) mass is 467 g/mol. The molecule has 0 spiro atoms. The van der Waals surface area contributed by atoms with Gasteiger partial charge in [-0.1, -0.05) is 18.2 Å². The first-order valence-electron chi connectivity index (χ1n) is 10.1. The van der Waals surface area contributed by atoms with Gasteiger partial charge in [0.15, 0.2) is 6.61 Å². The molecule has 0 heterocycles. The van der Waals surface area contributed by atoms with Crippen molar-refractivity contribution < 1.29 is 22.7 Å². The van der Waals surface area contributed by atoms with Gasteiger partial charge in [0.2, 0.25) is 5.91 Å². The number of sulfonamides is 1. The van der Waals surface area contributed by atoms with Gasteiger partial charge in [-0.3, -0.25) is 14.3 Å². The molecular weight excluding hydrogens is 442 g/mol. The lowest BCUT2D eigenvalue weighted by Crippen LogP contribution is -2.20. The molecule has 0 bridgehead atoms. The summed E-state index contributed by atoms with van der Waals surface area (Å²) in [6.45, 7) is 4.85. The molecule has 172 valence electrons. The minimum absolute atomic E-state index is 0.0787. The van der Waals surface area contributed by atoms with Crippen LogP contribution in [-0.2, 0) is 19.6 Å². The van der Waals surface area contributed by atoms with Gasteiger partial charge in [-0.15, -0.1) is 0 Å². The molecule has 0 aliphatic heterocycles. The predicted octanol–water partition coefficient (Wildman–Crippen LogP) is 4.08. The number of hydrogen-bond acceptors (Lipinski definition) is 5. The Morgan fingerprint density at radius 2 is 1.55 bits per heavy atom. The first-order chi connectivity index (χ1) is 15.6. The van der Waals surface area contributed by atoms with Crippen molar-refractivity contribution in [1.29, 1.82) is 0 Å². The minimum Gasteiger partial charge on any atom is -0.484 e. The fraction of sp³-hybridized carbons (Fsp3) is 0.167. The van der Waals surface area contributed by atoms with Crippen LogP contribution < -0.4 is 20.1 Å². The Hall–Kier alpha value is -3.85. The molecule has 2 amide bonds. The van der Waals surface area contributed by atoms with Gasteiger partial charge in [0.25, 0.3) is 15.9 Å². The number of amides is 2. The minimum atomic E-state index is -3.77. The molecule has 0 aliphatic rings. The lowest BCUT2D eigenvalue weighted by Gasteiger charge is -2.12. The number of rotatable bonds is 8. The van der Waals surface area contributed by atoms with Crippen LogP contribution in [0.5, 0.6) is 5.75 Å². The molecule has 0 unspecified atom stereocenters. The van der Waals surface area contributed by atoms with Gasteiger partial charge < -0.3 is 15.4 Å². The second kappa shape index (κ2) is 10.2. The zero-order chi connectivity index (χ0) is 24.0. The maximum Gasteiger partial charge on any atom is 0.262 e. The average molecular weight is 468 g/mol. The molecule has 0 atom stereocenters. The third-order valence-electron chi connectivity index (χ3n) is 4.61. The van der Waals surface area contributed by atoms with Gasteiger partial charge in [-0.2, -0.15) is 0 Å². The van der Waals surface area contributed by atoms with E-state index in [1.165, 1.54) is 31.2 Å². The molecule has 0 fully saturated rings. The highest BCUT2D eigenvalue weighted by molar-refractivity contribution is 7.92. The molecule has 3 aromatic rings. The van der Waals surface area contributed by atoms with Gasteiger partial charge in [-0.25, -0.2) is 8.42 Å². The quantitative estimate of drug-likeness (QED) is 0.462. The summed E-state index contributed by atoms with van der Waals surface area (Å²) in [5.74, 6) is -0.261. The Morgan fingerprint density at radius 1 is 0.879 bits per heavy atom. The largest absolute Gasteiger partial charge is 0.484 e. The molecular formula is C24H25N3O5S. The number of benzene rings is 3. The van der Waals surface area contributed by atoms with E-state index in [4.69, 9.17) is 4.74 Å². The number of ether oxygens (including phenoxy) is 1.